The summed E-state index contributed by atoms with van der Waals surface area (Å²) in [7, 11) is 2.54. The molecule has 7 heterocycles. The topological polar surface area (TPSA) is 198 Å². The fraction of sp³-hybridized carbons (Fsp3) is 0.412. The van der Waals surface area contributed by atoms with Crippen molar-refractivity contribution >= 4 is 34.9 Å². The third-order valence-corrected chi connectivity index (χ3v) is 14.0. The van der Waals surface area contributed by atoms with Gasteiger partial charge in [-0.05, 0) is 85.0 Å². The third-order valence-electron chi connectivity index (χ3n) is 14.0. The number of methoxy groups -OCH3 is 2. The Kier molecular flexibility index (Phi) is 12.1. The maximum absolute atomic E-state index is 17.0. The summed E-state index contributed by atoms with van der Waals surface area (Å²) in [5, 5.41) is 6.25. The molecule has 360 valence electrons. The number of benzene rings is 3. The number of carbonyl (C=O) groups excluding carboxylic acids is 4. The fourth-order valence-electron chi connectivity index (χ4n) is 10.4. The first-order chi connectivity index (χ1) is 33.3. The predicted molar refractivity (Wildman–Crippen MR) is 252 cm³/mol. The lowest BCUT2D eigenvalue weighted by Crippen LogP contribution is -2.51. The van der Waals surface area contributed by atoms with Gasteiger partial charge >= 0.3 is 12.2 Å². The molecule has 3 aromatic carbocycles. The van der Waals surface area contributed by atoms with Crippen LogP contribution in [0.5, 0.6) is 5.75 Å². The van der Waals surface area contributed by atoms with E-state index in [-0.39, 0.29) is 35.7 Å². The Hall–Kier alpha value is -7.21. The Balaban J connectivity index is 0.975. The summed E-state index contributed by atoms with van der Waals surface area (Å²) >= 11 is 0. The van der Waals surface area contributed by atoms with Gasteiger partial charge in [0.15, 0.2) is 0 Å². The number of aromatic amines is 2. The van der Waals surface area contributed by atoms with Crippen LogP contribution in [-0.4, -0.2) is 97.7 Å². The van der Waals surface area contributed by atoms with Gasteiger partial charge in [0.05, 0.1) is 80.1 Å². The van der Waals surface area contributed by atoms with Gasteiger partial charge in [0.25, 0.3) is 0 Å². The average molecular weight is 942 g/mol. The molecular formula is C51H56FN9O8. The zero-order valence-electron chi connectivity index (χ0n) is 39.4. The maximum atomic E-state index is 17.0. The normalized spacial score (nSPS) is 19.3. The van der Waals surface area contributed by atoms with Crippen LogP contribution in [0.3, 0.4) is 0 Å². The molecule has 0 saturated carbocycles. The molecule has 0 spiro atoms. The zero-order chi connectivity index (χ0) is 48.2. The molecule has 2 fully saturated rings. The van der Waals surface area contributed by atoms with Crippen molar-refractivity contribution in [1.29, 1.82) is 0 Å². The Morgan fingerprint density at radius 1 is 0.739 bits per heavy atom. The second-order valence-corrected chi connectivity index (χ2v) is 19.0. The van der Waals surface area contributed by atoms with E-state index in [4.69, 9.17) is 28.9 Å². The van der Waals surface area contributed by atoms with Gasteiger partial charge in [0.1, 0.15) is 35.3 Å². The van der Waals surface area contributed by atoms with Crippen molar-refractivity contribution < 1.29 is 42.5 Å². The number of rotatable bonds is 11. The van der Waals surface area contributed by atoms with Crippen molar-refractivity contribution in [1.82, 2.24) is 44.9 Å². The lowest BCUT2D eigenvalue weighted by molar-refractivity contribution is -0.136. The highest BCUT2D eigenvalue weighted by molar-refractivity contribution is 5.93. The van der Waals surface area contributed by atoms with Crippen molar-refractivity contribution in [2.45, 2.75) is 97.0 Å². The number of nitrogens with one attached hydrogen (secondary N) is 4. The second kappa shape index (κ2) is 18.4. The van der Waals surface area contributed by atoms with Crippen molar-refractivity contribution in [2.75, 3.05) is 27.3 Å². The molecule has 5 atom stereocenters. The highest BCUT2D eigenvalue weighted by Gasteiger charge is 2.40. The Morgan fingerprint density at radius 2 is 1.33 bits per heavy atom. The molecule has 3 aromatic heterocycles. The number of amides is 4. The predicted octanol–water partition coefficient (Wildman–Crippen LogP) is 8.29. The standard InChI is InChI=1S/C51H56FN9O8/c1-26(2)43(57-50(64)66-5)47(62)59-15-7-9-38(59)45-53-22-35(55-45)28-13-14-37-32(17-28)20-40-42-34(52)19-31(21-41(42)69-49(61(37)40)29-11-12-30-24-68-25-33(30)18-29)36-23-54-46(56-36)39-10-8-16-60(39)48(63)44(27(3)4)58-51(65)67-6/h11-14,17-23,26-27,38-39,43-44,49H,7-10,15-16,24-25H2,1-6H3,(H,53,55)(H,54,56)(H,57,64)(H,58,65)/t38-,39-,43-,44-,49?/m0/s1. The number of fused-ring (bicyclic) bond motifs is 6. The average Bonchev–Trinajstić information content (AvgIpc) is 4.20. The van der Waals surface area contributed by atoms with Gasteiger partial charge < -0.3 is 53.9 Å². The molecule has 0 radical (unpaired) electrons. The number of halogens is 1. The zero-order valence-corrected chi connectivity index (χ0v) is 39.4. The van der Waals surface area contributed by atoms with Crippen LogP contribution in [0.4, 0.5) is 14.0 Å². The van der Waals surface area contributed by atoms with E-state index in [1.54, 1.807) is 22.2 Å². The Morgan fingerprint density at radius 3 is 1.93 bits per heavy atom. The number of nitrogens with zero attached hydrogens (tertiary/aromatic N) is 5. The maximum Gasteiger partial charge on any atom is 0.407 e. The number of ether oxygens (including phenoxy) is 4. The van der Waals surface area contributed by atoms with Crippen LogP contribution in [0.25, 0.3) is 44.7 Å². The molecular weight excluding hydrogens is 886 g/mol. The van der Waals surface area contributed by atoms with Crippen LogP contribution in [-0.2, 0) is 37.0 Å². The number of alkyl carbamates (subject to hydrolysis) is 2. The minimum absolute atomic E-state index is 0.157. The molecule has 0 aliphatic carbocycles. The SMILES string of the molecule is COC(=O)N[C@H](C(=O)N1CCC[C@H]1c1ncc(-c2cc(F)c3c(c2)OC(c2ccc4c(c2)COC4)n2c-3cc3cc(-c4cnc([C@@H]5CCCN5C(=O)[C@@H](NC(=O)OC)C(C)C)[nH]4)ccc32)[nH]1)C(C)C. The van der Waals surface area contributed by atoms with Gasteiger partial charge in [0.2, 0.25) is 18.0 Å². The van der Waals surface area contributed by atoms with Gasteiger partial charge in [-0.2, -0.15) is 0 Å². The smallest absolute Gasteiger partial charge is 0.407 e. The summed E-state index contributed by atoms with van der Waals surface area (Å²) in [6.07, 6.45) is 4.36. The lowest BCUT2D eigenvalue weighted by Gasteiger charge is -2.31. The summed E-state index contributed by atoms with van der Waals surface area (Å²) < 4.78 is 41.3. The van der Waals surface area contributed by atoms with Gasteiger partial charge in [-0.15, -0.1) is 0 Å². The lowest BCUT2D eigenvalue weighted by atomic mass is 10.0. The number of carbonyl (C=O) groups is 4. The monoisotopic (exact) mass is 941 g/mol. The minimum atomic E-state index is -0.777. The molecule has 2 saturated heterocycles. The van der Waals surface area contributed by atoms with Crippen molar-refractivity contribution in [3.63, 3.8) is 0 Å². The molecule has 4 N–H and O–H groups in total. The summed E-state index contributed by atoms with van der Waals surface area (Å²) in [5.41, 5.74) is 7.57. The van der Waals surface area contributed by atoms with Crippen LogP contribution in [0.15, 0.2) is 67.0 Å². The first-order valence-corrected chi connectivity index (χ1v) is 23.6. The van der Waals surface area contributed by atoms with Crippen LogP contribution in [0, 0.1) is 17.7 Å². The fourth-order valence-corrected chi connectivity index (χ4v) is 10.4. The molecule has 18 heteroatoms. The first kappa shape index (κ1) is 45.6. The summed E-state index contributed by atoms with van der Waals surface area (Å²) in [4.78, 5) is 71.8. The summed E-state index contributed by atoms with van der Waals surface area (Å²) in [5.74, 6) is 0.354. The molecule has 4 aliphatic heterocycles. The van der Waals surface area contributed by atoms with Gasteiger partial charge in [-0.1, -0.05) is 45.9 Å². The number of hydrogen-bond acceptors (Lipinski definition) is 10. The van der Waals surface area contributed by atoms with Gasteiger partial charge in [-0.3, -0.25) is 9.59 Å². The molecule has 6 aromatic rings. The first-order valence-electron chi connectivity index (χ1n) is 23.6. The highest BCUT2D eigenvalue weighted by atomic mass is 19.1. The van der Waals surface area contributed by atoms with Crippen molar-refractivity contribution in [2.24, 2.45) is 11.8 Å². The van der Waals surface area contributed by atoms with E-state index in [1.165, 1.54) is 20.3 Å². The van der Waals surface area contributed by atoms with Crippen LogP contribution < -0.4 is 15.4 Å². The molecule has 1 unspecified atom stereocenters. The Labute approximate surface area is 398 Å². The minimum Gasteiger partial charge on any atom is -0.465 e. The van der Waals surface area contributed by atoms with Gasteiger partial charge in [0, 0.05) is 35.2 Å². The molecule has 0 bridgehead atoms. The van der Waals surface area contributed by atoms with Crippen LogP contribution in [0.1, 0.15) is 100 Å². The van der Waals surface area contributed by atoms with Crippen LogP contribution in [0.2, 0.25) is 0 Å². The number of H-pyrrole nitrogens is 2. The second-order valence-electron chi connectivity index (χ2n) is 19.0. The quantitative estimate of drug-likeness (QED) is 0.0981. The van der Waals surface area contributed by atoms with Crippen molar-refractivity contribution in [3.05, 3.63) is 101 Å². The summed E-state index contributed by atoms with van der Waals surface area (Å²) in [6, 6.07) is 15.3. The number of aromatic nitrogens is 5. The third kappa shape index (κ3) is 8.33. The highest BCUT2D eigenvalue weighted by Crippen LogP contribution is 2.48. The number of hydrogen-bond donors (Lipinski definition) is 4. The molecule has 69 heavy (non-hydrogen) atoms. The van der Waals surface area contributed by atoms with E-state index in [1.807, 2.05) is 68.7 Å². The van der Waals surface area contributed by atoms with E-state index < -0.39 is 36.3 Å². The molecule has 4 amide bonds. The summed E-state index contributed by atoms with van der Waals surface area (Å²) in [6.45, 7) is 9.57. The van der Waals surface area contributed by atoms with E-state index in [2.05, 4.69) is 32.7 Å². The Bertz CT molecular complexity index is 2980. The molecule has 4 aliphatic rings. The van der Waals surface area contributed by atoms with E-state index in [0.717, 1.165) is 51.7 Å². The largest absolute Gasteiger partial charge is 0.465 e. The molecule has 17 nitrogen and oxygen atoms in total. The number of imidazole rings is 2. The number of likely N-dealkylation sites (tertiary alicyclic amines) is 2. The van der Waals surface area contributed by atoms with Crippen LogP contribution >= 0.6 is 0 Å². The van der Waals surface area contributed by atoms with E-state index >= 15 is 4.39 Å². The van der Waals surface area contributed by atoms with Crippen molar-refractivity contribution in [3.8, 4) is 39.5 Å². The van der Waals surface area contributed by atoms with E-state index in [9.17, 15) is 19.2 Å². The van der Waals surface area contributed by atoms with Gasteiger partial charge in [-0.25, -0.2) is 23.9 Å². The van der Waals surface area contributed by atoms with E-state index in [0.29, 0.717) is 79.1 Å². The molecule has 10 rings (SSSR count).